The predicted molar refractivity (Wildman–Crippen MR) is 79.9 cm³/mol. The lowest BCUT2D eigenvalue weighted by molar-refractivity contribution is -0.136. The highest BCUT2D eigenvalue weighted by Gasteiger charge is 2.28. The van der Waals surface area contributed by atoms with Crippen molar-refractivity contribution in [2.24, 2.45) is 17.6 Å². The molecule has 4 heteroatoms. The van der Waals surface area contributed by atoms with E-state index < -0.39 is 0 Å². The molecule has 1 aliphatic rings. The van der Waals surface area contributed by atoms with Gasteiger partial charge in [0.15, 0.2) is 0 Å². The number of nitrogens with two attached hydrogens (primary N) is 1. The lowest BCUT2D eigenvalue weighted by atomic mass is 9.95. The Bertz CT molecular complexity index is 283. The molecule has 0 aliphatic carbocycles. The molecule has 1 aliphatic heterocycles. The summed E-state index contributed by atoms with van der Waals surface area (Å²) in [5.74, 6) is 0.942. The van der Waals surface area contributed by atoms with Gasteiger partial charge in [0.05, 0.1) is 6.04 Å². The van der Waals surface area contributed by atoms with Crippen molar-refractivity contribution in [3.63, 3.8) is 0 Å². The maximum Gasteiger partial charge on any atom is 0.239 e. The molecular weight excluding hydrogens is 238 g/mol. The molecule has 1 rings (SSSR count). The molecule has 0 unspecified atom stereocenters. The Balaban J connectivity index is 2.60. The molecule has 0 aromatic rings. The molecule has 0 radical (unpaired) electrons. The second kappa shape index (κ2) is 7.25. The van der Waals surface area contributed by atoms with E-state index in [-0.39, 0.29) is 23.9 Å². The van der Waals surface area contributed by atoms with Crippen molar-refractivity contribution in [1.82, 2.24) is 9.80 Å². The Morgan fingerprint density at radius 1 is 1.26 bits per heavy atom. The van der Waals surface area contributed by atoms with Crippen LogP contribution >= 0.6 is 0 Å². The van der Waals surface area contributed by atoms with E-state index in [4.69, 9.17) is 5.73 Å². The van der Waals surface area contributed by atoms with Gasteiger partial charge in [0.25, 0.3) is 0 Å². The van der Waals surface area contributed by atoms with Crippen molar-refractivity contribution in [2.75, 3.05) is 26.7 Å². The molecule has 0 saturated carbocycles. The van der Waals surface area contributed by atoms with Gasteiger partial charge in [-0.3, -0.25) is 4.79 Å². The minimum atomic E-state index is -0.367. The minimum Gasteiger partial charge on any atom is -0.339 e. The van der Waals surface area contributed by atoms with Gasteiger partial charge in [0.1, 0.15) is 0 Å². The first kappa shape index (κ1) is 16.4. The Morgan fingerprint density at radius 3 is 2.21 bits per heavy atom. The molecule has 0 aromatic heterocycles. The topological polar surface area (TPSA) is 49.6 Å². The highest BCUT2D eigenvalue weighted by molar-refractivity contribution is 5.82. The van der Waals surface area contributed by atoms with E-state index in [1.165, 1.54) is 12.8 Å². The van der Waals surface area contributed by atoms with E-state index in [9.17, 15) is 4.79 Å². The summed E-state index contributed by atoms with van der Waals surface area (Å²) in [7, 11) is 2.16. The van der Waals surface area contributed by atoms with E-state index in [2.05, 4.69) is 25.8 Å². The summed E-state index contributed by atoms with van der Waals surface area (Å²) in [6, 6.07) is -0.134. The van der Waals surface area contributed by atoms with Crippen LogP contribution in [0.1, 0.15) is 40.5 Å². The van der Waals surface area contributed by atoms with Crippen molar-refractivity contribution in [3.8, 4) is 0 Å². The van der Waals surface area contributed by atoms with Crippen LogP contribution in [0, 0.1) is 11.8 Å². The van der Waals surface area contributed by atoms with E-state index in [1.54, 1.807) is 0 Å². The fraction of sp³-hybridized carbons (Fsp3) is 0.933. The molecular formula is C15H31N3O. The Kier molecular flexibility index (Phi) is 6.27. The van der Waals surface area contributed by atoms with Crippen molar-refractivity contribution in [2.45, 2.75) is 52.6 Å². The fourth-order valence-electron chi connectivity index (χ4n) is 2.55. The maximum atomic E-state index is 12.5. The normalized spacial score (nSPS) is 20.0. The molecule has 2 N–H and O–H groups in total. The molecule has 0 spiro atoms. The fourth-order valence-corrected chi connectivity index (χ4v) is 2.55. The summed E-state index contributed by atoms with van der Waals surface area (Å²) >= 11 is 0. The van der Waals surface area contributed by atoms with Gasteiger partial charge in [0.2, 0.25) is 5.91 Å². The van der Waals surface area contributed by atoms with Gasteiger partial charge in [-0.05, 0) is 58.7 Å². The second-order valence-electron chi connectivity index (χ2n) is 6.60. The number of hydrogen-bond donors (Lipinski definition) is 1. The standard InChI is InChI=1S/C15H31N3O/c1-11(2)14(16)15(19)18(12(3)4)10-13-6-8-17(5)9-7-13/h11-14H,6-10,16H2,1-5H3/t14-/m0/s1. The third kappa shape index (κ3) is 4.77. The average molecular weight is 269 g/mol. The number of rotatable bonds is 5. The van der Waals surface area contributed by atoms with E-state index in [0.29, 0.717) is 5.92 Å². The van der Waals surface area contributed by atoms with E-state index in [0.717, 1.165) is 19.6 Å². The summed E-state index contributed by atoms with van der Waals surface area (Å²) in [6.45, 7) is 11.3. The smallest absolute Gasteiger partial charge is 0.239 e. The molecule has 1 heterocycles. The number of hydrogen-bond acceptors (Lipinski definition) is 3. The number of carbonyl (C=O) groups is 1. The predicted octanol–water partition coefficient (Wildman–Crippen LogP) is 1.55. The number of piperidine rings is 1. The van der Waals surface area contributed by atoms with Gasteiger partial charge in [-0.2, -0.15) is 0 Å². The third-order valence-electron chi connectivity index (χ3n) is 4.20. The lowest BCUT2D eigenvalue weighted by Gasteiger charge is -2.36. The monoisotopic (exact) mass is 269 g/mol. The van der Waals surface area contributed by atoms with Crippen molar-refractivity contribution >= 4 is 5.91 Å². The number of amides is 1. The summed E-state index contributed by atoms with van der Waals surface area (Å²) in [5, 5.41) is 0. The summed E-state index contributed by atoms with van der Waals surface area (Å²) in [5.41, 5.74) is 6.03. The van der Waals surface area contributed by atoms with E-state index in [1.807, 2.05) is 18.7 Å². The zero-order valence-corrected chi connectivity index (χ0v) is 13.2. The number of nitrogens with zero attached hydrogens (tertiary/aromatic N) is 2. The molecule has 4 nitrogen and oxygen atoms in total. The molecule has 1 atom stereocenters. The zero-order chi connectivity index (χ0) is 14.6. The van der Waals surface area contributed by atoms with Crippen LogP contribution < -0.4 is 5.73 Å². The van der Waals surface area contributed by atoms with Gasteiger partial charge in [-0.1, -0.05) is 13.8 Å². The molecule has 1 amide bonds. The van der Waals surface area contributed by atoms with Crippen LogP contribution in [0.3, 0.4) is 0 Å². The van der Waals surface area contributed by atoms with Crippen LogP contribution in [0.25, 0.3) is 0 Å². The van der Waals surface area contributed by atoms with Gasteiger partial charge >= 0.3 is 0 Å². The summed E-state index contributed by atoms with van der Waals surface area (Å²) in [6.07, 6.45) is 2.37. The Hall–Kier alpha value is -0.610. The number of carbonyl (C=O) groups excluding carboxylic acids is 1. The largest absolute Gasteiger partial charge is 0.339 e. The summed E-state index contributed by atoms with van der Waals surface area (Å²) in [4.78, 5) is 16.8. The second-order valence-corrected chi connectivity index (χ2v) is 6.60. The van der Waals surface area contributed by atoms with Crippen LogP contribution in [-0.2, 0) is 4.79 Å². The first-order chi connectivity index (χ1) is 8.82. The van der Waals surface area contributed by atoms with Crippen LogP contribution in [0.4, 0.5) is 0 Å². The highest BCUT2D eigenvalue weighted by atomic mass is 16.2. The Labute approximate surface area is 118 Å². The quantitative estimate of drug-likeness (QED) is 0.824. The highest BCUT2D eigenvalue weighted by Crippen LogP contribution is 2.19. The molecule has 1 fully saturated rings. The first-order valence-electron chi connectivity index (χ1n) is 7.57. The lowest BCUT2D eigenvalue weighted by Crippen LogP contribution is -2.51. The first-order valence-corrected chi connectivity index (χ1v) is 7.57. The van der Waals surface area contributed by atoms with Crippen LogP contribution in [-0.4, -0.2) is 54.5 Å². The average Bonchev–Trinajstić information content (AvgIpc) is 2.35. The SMILES string of the molecule is CC(C)[C@H](N)C(=O)N(CC1CCN(C)CC1)C(C)C. The van der Waals surface area contributed by atoms with Gasteiger partial charge in [0, 0.05) is 12.6 Å². The van der Waals surface area contributed by atoms with E-state index >= 15 is 0 Å². The van der Waals surface area contributed by atoms with Crippen LogP contribution in [0.15, 0.2) is 0 Å². The summed E-state index contributed by atoms with van der Waals surface area (Å²) < 4.78 is 0. The maximum absolute atomic E-state index is 12.5. The molecule has 19 heavy (non-hydrogen) atoms. The molecule has 0 aromatic carbocycles. The van der Waals surface area contributed by atoms with Crippen molar-refractivity contribution < 1.29 is 4.79 Å². The van der Waals surface area contributed by atoms with Crippen molar-refractivity contribution in [1.29, 1.82) is 0 Å². The van der Waals surface area contributed by atoms with Gasteiger partial charge in [-0.25, -0.2) is 0 Å². The van der Waals surface area contributed by atoms with Gasteiger partial charge in [-0.15, -0.1) is 0 Å². The van der Waals surface area contributed by atoms with Crippen LogP contribution in [0.5, 0.6) is 0 Å². The zero-order valence-electron chi connectivity index (χ0n) is 13.2. The molecule has 0 bridgehead atoms. The number of likely N-dealkylation sites (tertiary alicyclic amines) is 1. The van der Waals surface area contributed by atoms with Crippen molar-refractivity contribution in [3.05, 3.63) is 0 Å². The van der Waals surface area contributed by atoms with Crippen LogP contribution in [0.2, 0.25) is 0 Å². The molecule has 112 valence electrons. The van der Waals surface area contributed by atoms with Gasteiger partial charge < -0.3 is 15.5 Å². The molecule has 1 saturated heterocycles. The third-order valence-corrected chi connectivity index (χ3v) is 4.20. The Morgan fingerprint density at radius 2 is 1.79 bits per heavy atom. The minimum absolute atomic E-state index is 0.115.